The fraction of sp³-hybridized carbons (Fsp3) is 0.278. The predicted molar refractivity (Wildman–Crippen MR) is 92.2 cm³/mol. The number of amides is 1. The molecule has 0 saturated carbocycles. The lowest BCUT2D eigenvalue weighted by Crippen LogP contribution is -2.49. The van der Waals surface area contributed by atoms with Crippen LogP contribution < -0.4 is 4.90 Å². The molecule has 0 atom stereocenters. The number of halogens is 5. The monoisotopic (exact) mass is 415 g/mol. The zero-order valence-corrected chi connectivity index (χ0v) is 15.0. The highest BCUT2D eigenvalue weighted by Gasteiger charge is 2.31. The molecule has 1 amide bonds. The maximum atomic E-state index is 14.0. The molecule has 1 aliphatic rings. The number of nitro benzene ring substituents is 1. The molecule has 1 aliphatic heterocycles. The van der Waals surface area contributed by atoms with E-state index in [0.29, 0.717) is 5.56 Å². The second-order valence-corrected chi connectivity index (χ2v) is 6.46. The molecule has 2 aromatic carbocycles. The summed E-state index contributed by atoms with van der Waals surface area (Å²) in [6.07, 6.45) is 0. The van der Waals surface area contributed by atoms with Gasteiger partial charge in [-0.2, -0.15) is 0 Å². The van der Waals surface area contributed by atoms with E-state index in [1.807, 2.05) is 0 Å². The van der Waals surface area contributed by atoms with Gasteiger partial charge >= 0.3 is 0 Å². The average Bonchev–Trinajstić information content (AvgIpc) is 2.70. The molecule has 154 valence electrons. The third-order valence-corrected chi connectivity index (χ3v) is 4.71. The maximum absolute atomic E-state index is 14.0. The first kappa shape index (κ1) is 20.5. The Morgan fingerprint density at radius 2 is 1.45 bits per heavy atom. The summed E-state index contributed by atoms with van der Waals surface area (Å²) < 4.78 is 67.9. The molecule has 6 nitrogen and oxygen atoms in total. The third-order valence-electron chi connectivity index (χ3n) is 4.71. The zero-order valence-electron chi connectivity index (χ0n) is 15.0. The fourth-order valence-electron chi connectivity index (χ4n) is 3.18. The van der Waals surface area contributed by atoms with Crippen LogP contribution in [0.2, 0.25) is 0 Å². The molecule has 1 fully saturated rings. The van der Waals surface area contributed by atoms with Crippen LogP contribution >= 0.6 is 0 Å². The lowest BCUT2D eigenvalue weighted by molar-refractivity contribution is -0.385. The predicted octanol–water partition coefficient (Wildman–Crippen LogP) is 3.56. The van der Waals surface area contributed by atoms with Crippen LogP contribution in [-0.4, -0.2) is 41.9 Å². The summed E-state index contributed by atoms with van der Waals surface area (Å²) in [6.45, 7) is 1.10. The molecule has 0 aromatic heterocycles. The van der Waals surface area contributed by atoms with Crippen molar-refractivity contribution in [1.29, 1.82) is 0 Å². The number of anilines is 1. The quantitative estimate of drug-likeness (QED) is 0.253. The first-order valence-electron chi connectivity index (χ1n) is 8.44. The average molecular weight is 415 g/mol. The van der Waals surface area contributed by atoms with Crippen molar-refractivity contribution in [3.8, 4) is 0 Å². The minimum absolute atomic E-state index is 0.0334. The van der Waals surface area contributed by atoms with Crippen molar-refractivity contribution >= 4 is 17.3 Å². The molecular weight excluding hydrogens is 401 g/mol. The zero-order chi connectivity index (χ0) is 21.5. The molecule has 2 aromatic rings. The number of hydrogen-bond acceptors (Lipinski definition) is 4. The summed E-state index contributed by atoms with van der Waals surface area (Å²) in [7, 11) is 0. The molecule has 0 unspecified atom stereocenters. The van der Waals surface area contributed by atoms with Crippen LogP contribution in [0.25, 0.3) is 0 Å². The SMILES string of the molecule is Cc1cc(C(=O)N2CCN(c3c(F)c(F)c(F)c(F)c3F)CC2)ccc1[N+](=O)[O-]. The van der Waals surface area contributed by atoms with E-state index in [1.165, 1.54) is 30.0 Å². The van der Waals surface area contributed by atoms with Crippen molar-refractivity contribution < 1.29 is 31.7 Å². The van der Waals surface area contributed by atoms with E-state index in [4.69, 9.17) is 0 Å². The second-order valence-electron chi connectivity index (χ2n) is 6.46. The van der Waals surface area contributed by atoms with Gasteiger partial charge in [0.05, 0.1) is 4.92 Å². The summed E-state index contributed by atoms with van der Waals surface area (Å²) in [5, 5.41) is 10.9. The Kier molecular flexibility index (Phi) is 5.40. The van der Waals surface area contributed by atoms with E-state index in [-0.39, 0.29) is 37.4 Å². The van der Waals surface area contributed by atoms with E-state index in [2.05, 4.69) is 0 Å². The van der Waals surface area contributed by atoms with Crippen molar-refractivity contribution in [3.05, 3.63) is 68.5 Å². The number of carbonyl (C=O) groups is 1. The van der Waals surface area contributed by atoms with Gasteiger partial charge in [-0.25, -0.2) is 22.0 Å². The Bertz CT molecular complexity index is 978. The maximum Gasteiger partial charge on any atom is 0.272 e. The van der Waals surface area contributed by atoms with Crippen LogP contribution in [0.4, 0.5) is 33.3 Å². The highest BCUT2D eigenvalue weighted by molar-refractivity contribution is 5.95. The smallest absolute Gasteiger partial charge is 0.272 e. The van der Waals surface area contributed by atoms with E-state index in [9.17, 15) is 36.9 Å². The van der Waals surface area contributed by atoms with Gasteiger partial charge in [-0.3, -0.25) is 14.9 Å². The van der Waals surface area contributed by atoms with Gasteiger partial charge in [0.15, 0.2) is 23.3 Å². The molecule has 0 N–H and O–H groups in total. The highest BCUT2D eigenvalue weighted by atomic mass is 19.2. The standard InChI is InChI=1S/C18H14F5N3O3/c1-9-8-10(2-3-11(9)26(28)29)18(27)25-6-4-24(5-7-25)17-15(22)13(20)12(19)14(21)16(17)23/h2-3,8H,4-7H2,1H3. The van der Waals surface area contributed by atoms with E-state index in [0.717, 1.165) is 4.90 Å². The summed E-state index contributed by atoms with van der Waals surface area (Å²) in [4.78, 5) is 25.2. The van der Waals surface area contributed by atoms with Gasteiger partial charge < -0.3 is 9.80 Å². The minimum Gasteiger partial charge on any atom is -0.363 e. The topological polar surface area (TPSA) is 66.7 Å². The van der Waals surface area contributed by atoms with Gasteiger partial charge in [0.1, 0.15) is 5.69 Å². The van der Waals surface area contributed by atoms with E-state index in [1.54, 1.807) is 0 Å². The summed E-state index contributed by atoms with van der Waals surface area (Å²) in [6, 6.07) is 3.86. The molecule has 0 bridgehead atoms. The van der Waals surface area contributed by atoms with Crippen LogP contribution in [0.3, 0.4) is 0 Å². The Hall–Kier alpha value is -3.24. The van der Waals surface area contributed by atoms with Gasteiger partial charge in [0.25, 0.3) is 11.6 Å². The van der Waals surface area contributed by atoms with Gasteiger partial charge in [0, 0.05) is 43.4 Å². The lowest BCUT2D eigenvalue weighted by atomic mass is 10.1. The van der Waals surface area contributed by atoms with Gasteiger partial charge in [-0.15, -0.1) is 0 Å². The number of benzene rings is 2. The van der Waals surface area contributed by atoms with Gasteiger partial charge in [-0.1, -0.05) is 0 Å². The first-order valence-corrected chi connectivity index (χ1v) is 8.44. The summed E-state index contributed by atoms with van der Waals surface area (Å²) in [5.74, 6) is -10.6. The molecule has 0 spiro atoms. The van der Waals surface area contributed by atoms with Crippen molar-refractivity contribution in [3.63, 3.8) is 0 Å². The van der Waals surface area contributed by atoms with Crippen molar-refractivity contribution in [2.45, 2.75) is 6.92 Å². The van der Waals surface area contributed by atoms with Crippen LogP contribution in [0, 0.1) is 46.1 Å². The summed E-state index contributed by atoms with van der Waals surface area (Å²) >= 11 is 0. The Balaban J connectivity index is 1.77. The molecule has 0 radical (unpaired) electrons. The molecule has 3 rings (SSSR count). The number of nitro groups is 1. The highest BCUT2D eigenvalue weighted by Crippen LogP contribution is 2.31. The Morgan fingerprint density at radius 1 is 0.931 bits per heavy atom. The molecule has 29 heavy (non-hydrogen) atoms. The largest absolute Gasteiger partial charge is 0.363 e. The Morgan fingerprint density at radius 3 is 1.93 bits per heavy atom. The second kappa shape index (κ2) is 7.64. The number of nitrogens with zero attached hydrogens (tertiary/aromatic N) is 3. The molecular formula is C18H14F5N3O3. The number of hydrogen-bond donors (Lipinski definition) is 0. The number of aryl methyl sites for hydroxylation is 1. The van der Waals surface area contributed by atoms with Crippen molar-refractivity contribution in [1.82, 2.24) is 4.90 Å². The van der Waals surface area contributed by atoms with Gasteiger partial charge in [-0.05, 0) is 19.1 Å². The number of piperazine rings is 1. The van der Waals surface area contributed by atoms with Crippen LogP contribution in [0.15, 0.2) is 18.2 Å². The number of carbonyl (C=O) groups excluding carboxylic acids is 1. The number of rotatable bonds is 3. The third kappa shape index (κ3) is 3.59. The van der Waals surface area contributed by atoms with E-state index >= 15 is 0 Å². The normalized spacial score (nSPS) is 14.3. The van der Waals surface area contributed by atoms with Crippen molar-refractivity contribution in [2.24, 2.45) is 0 Å². The molecule has 0 aliphatic carbocycles. The first-order chi connectivity index (χ1) is 13.6. The summed E-state index contributed by atoms with van der Waals surface area (Å²) in [5.41, 5.74) is -0.684. The molecule has 1 heterocycles. The lowest BCUT2D eigenvalue weighted by Gasteiger charge is -2.36. The molecule has 1 saturated heterocycles. The van der Waals surface area contributed by atoms with Crippen LogP contribution in [-0.2, 0) is 0 Å². The Labute approximate surface area is 161 Å². The van der Waals surface area contributed by atoms with Gasteiger partial charge in [0.2, 0.25) is 5.82 Å². The minimum atomic E-state index is -2.23. The van der Waals surface area contributed by atoms with Crippen LogP contribution in [0.1, 0.15) is 15.9 Å². The molecule has 11 heteroatoms. The van der Waals surface area contributed by atoms with Crippen LogP contribution in [0.5, 0.6) is 0 Å². The fourth-order valence-corrected chi connectivity index (χ4v) is 3.18. The van der Waals surface area contributed by atoms with Crippen molar-refractivity contribution in [2.75, 3.05) is 31.1 Å². The van der Waals surface area contributed by atoms with E-state index < -0.39 is 45.6 Å².